The zero-order valence-electron chi connectivity index (χ0n) is 12.8. The van der Waals surface area contributed by atoms with E-state index in [4.69, 9.17) is 23.2 Å². The number of pyridine rings is 1. The van der Waals surface area contributed by atoms with E-state index in [1.165, 1.54) is 12.1 Å². The van der Waals surface area contributed by atoms with E-state index in [1.54, 1.807) is 6.20 Å². The molecule has 2 aromatic heterocycles. The van der Waals surface area contributed by atoms with Crippen LogP contribution in [0.15, 0.2) is 42.6 Å². The van der Waals surface area contributed by atoms with Crippen molar-refractivity contribution in [1.82, 2.24) is 15.3 Å². The maximum absolute atomic E-state index is 12.3. The summed E-state index contributed by atoms with van der Waals surface area (Å²) in [5, 5.41) is 13.0. The number of aromatic amines is 1. The maximum Gasteiger partial charge on any atom is 0.326 e. The number of rotatable bonds is 5. The number of carboxylic acids is 1. The van der Waals surface area contributed by atoms with Crippen molar-refractivity contribution >= 4 is 46.0 Å². The third kappa shape index (κ3) is 3.75. The number of aromatic nitrogens is 2. The molecule has 128 valence electrons. The van der Waals surface area contributed by atoms with E-state index in [0.717, 1.165) is 16.5 Å². The Morgan fingerprint density at radius 2 is 1.96 bits per heavy atom. The molecule has 3 aromatic rings. The van der Waals surface area contributed by atoms with Gasteiger partial charge in [0.05, 0.1) is 5.02 Å². The molecule has 1 unspecified atom stereocenters. The second-order valence-electron chi connectivity index (χ2n) is 5.39. The van der Waals surface area contributed by atoms with Crippen molar-refractivity contribution in [3.05, 3.63) is 64.0 Å². The van der Waals surface area contributed by atoms with Gasteiger partial charge in [0.15, 0.2) is 0 Å². The zero-order chi connectivity index (χ0) is 18.0. The van der Waals surface area contributed by atoms with E-state index in [1.807, 2.05) is 24.3 Å². The number of hydrogen-bond acceptors (Lipinski definition) is 3. The molecule has 0 aliphatic heterocycles. The Labute approximate surface area is 152 Å². The highest BCUT2D eigenvalue weighted by Gasteiger charge is 2.24. The molecule has 0 aliphatic rings. The van der Waals surface area contributed by atoms with Gasteiger partial charge in [-0.1, -0.05) is 41.4 Å². The fourth-order valence-corrected chi connectivity index (χ4v) is 2.86. The molecule has 6 nitrogen and oxygen atoms in total. The number of carbonyl (C=O) groups is 2. The first kappa shape index (κ1) is 17.3. The van der Waals surface area contributed by atoms with E-state index in [9.17, 15) is 14.7 Å². The molecular weight excluding hydrogens is 365 g/mol. The summed E-state index contributed by atoms with van der Waals surface area (Å²) in [6.45, 7) is 0. The van der Waals surface area contributed by atoms with Crippen molar-refractivity contribution in [2.45, 2.75) is 12.5 Å². The molecule has 0 spiro atoms. The molecule has 0 saturated heterocycles. The summed E-state index contributed by atoms with van der Waals surface area (Å²) in [6, 6.07) is 9.27. The smallest absolute Gasteiger partial charge is 0.326 e. The number of aliphatic carboxylic acids is 1. The monoisotopic (exact) mass is 377 g/mol. The molecule has 0 fully saturated rings. The first-order valence-corrected chi connectivity index (χ1v) is 8.12. The summed E-state index contributed by atoms with van der Waals surface area (Å²) in [5.74, 6) is -1.85. The van der Waals surface area contributed by atoms with Crippen molar-refractivity contribution < 1.29 is 14.7 Å². The number of benzene rings is 1. The highest BCUT2D eigenvalue weighted by Crippen LogP contribution is 2.20. The molecule has 2 heterocycles. The van der Waals surface area contributed by atoms with Gasteiger partial charge in [-0.3, -0.25) is 4.79 Å². The lowest BCUT2D eigenvalue weighted by Gasteiger charge is -2.14. The molecule has 3 N–H and O–H groups in total. The lowest BCUT2D eigenvalue weighted by atomic mass is 10.0. The van der Waals surface area contributed by atoms with Crippen molar-refractivity contribution in [2.24, 2.45) is 0 Å². The van der Waals surface area contributed by atoms with Gasteiger partial charge in [0, 0.05) is 23.5 Å². The number of nitrogens with one attached hydrogen (secondary N) is 2. The second kappa shape index (κ2) is 7.13. The summed E-state index contributed by atoms with van der Waals surface area (Å²) in [4.78, 5) is 30.8. The molecular formula is C17H13Cl2N3O3. The van der Waals surface area contributed by atoms with Crippen molar-refractivity contribution in [3.63, 3.8) is 0 Å². The third-order valence-electron chi connectivity index (χ3n) is 3.73. The normalized spacial score (nSPS) is 12.1. The van der Waals surface area contributed by atoms with Crippen molar-refractivity contribution in [2.75, 3.05) is 0 Å². The molecule has 0 radical (unpaired) electrons. The molecule has 3 rings (SSSR count). The van der Waals surface area contributed by atoms with Crippen molar-refractivity contribution in [3.8, 4) is 0 Å². The Balaban J connectivity index is 1.83. The maximum atomic E-state index is 12.3. The average molecular weight is 378 g/mol. The van der Waals surface area contributed by atoms with Crippen LogP contribution in [-0.2, 0) is 11.2 Å². The van der Waals surface area contributed by atoms with Gasteiger partial charge in [-0.25, -0.2) is 9.78 Å². The van der Waals surface area contributed by atoms with E-state index in [2.05, 4.69) is 15.3 Å². The predicted molar refractivity (Wildman–Crippen MR) is 95.1 cm³/mol. The minimum Gasteiger partial charge on any atom is -0.480 e. The number of hydrogen-bond donors (Lipinski definition) is 3. The number of nitrogens with zero attached hydrogens (tertiary/aromatic N) is 1. The predicted octanol–water partition coefficient (Wildman–Crippen LogP) is 3.30. The summed E-state index contributed by atoms with van der Waals surface area (Å²) in [7, 11) is 0. The lowest BCUT2D eigenvalue weighted by Crippen LogP contribution is -2.42. The summed E-state index contributed by atoms with van der Waals surface area (Å²) in [6.07, 6.45) is 1.85. The van der Waals surface area contributed by atoms with Crippen LogP contribution in [0.2, 0.25) is 10.2 Å². The minimum atomic E-state index is -1.16. The van der Waals surface area contributed by atoms with Gasteiger partial charge in [0.2, 0.25) is 0 Å². The topological polar surface area (TPSA) is 95.1 Å². The fraction of sp³-hybridized carbons (Fsp3) is 0.118. The van der Waals surface area contributed by atoms with E-state index in [-0.39, 0.29) is 22.3 Å². The number of carbonyl (C=O) groups excluding carboxylic acids is 1. The Bertz CT molecular complexity index is 955. The van der Waals surface area contributed by atoms with Crippen LogP contribution < -0.4 is 5.32 Å². The SMILES string of the molecule is O=C(NC(Cc1c[nH]c2ccccc12)C(=O)O)c1nc(Cl)ccc1Cl. The molecule has 1 atom stereocenters. The minimum absolute atomic E-state index is 0.0954. The van der Waals surface area contributed by atoms with E-state index in [0.29, 0.717) is 0 Å². The number of halogens is 2. The highest BCUT2D eigenvalue weighted by atomic mass is 35.5. The average Bonchev–Trinajstić information content (AvgIpc) is 2.99. The van der Waals surface area contributed by atoms with Crippen LogP contribution in [0.4, 0.5) is 0 Å². The molecule has 1 aromatic carbocycles. The molecule has 0 bridgehead atoms. The van der Waals surface area contributed by atoms with Gasteiger partial charge in [-0.15, -0.1) is 0 Å². The largest absolute Gasteiger partial charge is 0.480 e. The second-order valence-corrected chi connectivity index (χ2v) is 6.19. The van der Waals surface area contributed by atoms with Crippen LogP contribution in [0, 0.1) is 0 Å². The Hall–Kier alpha value is -2.57. The molecule has 8 heteroatoms. The van der Waals surface area contributed by atoms with Gasteiger partial charge < -0.3 is 15.4 Å². The molecule has 25 heavy (non-hydrogen) atoms. The van der Waals surface area contributed by atoms with Crippen LogP contribution in [0.25, 0.3) is 10.9 Å². The van der Waals surface area contributed by atoms with Crippen LogP contribution in [0.3, 0.4) is 0 Å². The van der Waals surface area contributed by atoms with Gasteiger partial charge in [0.25, 0.3) is 5.91 Å². The quantitative estimate of drug-likeness (QED) is 0.594. The summed E-state index contributed by atoms with van der Waals surface area (Å²) < 4.78 is 0. The number of fused-ring (bicyclic) bond motifs is 1. The molecule has 0 aliphatic carbocycles. The Morgan fingerprint density at radius 1 is 1.20 bits per heavy atom. The van der Waals surface area contributed by atoms with Crippen LogP contribution in [-0.4, -0.2) is 33.0 Å². The number of amides is 1. The van der Waals surface area contributed by atoms with Crippen molar-refractivity contribution in [1.29, 1.82) is 0 Å². The first-order chi connectivity index (χ1) is 12.0. The fourth-order valence-electron chi connectivity index (χ4n) is 2.52. The Kier molecular flexibility index (Phi) is 4.92. The highest BCUT2D eigenvalue weighted by molar-refractivity contribution is 6.34. The van der Waals surface area contributed by atoms with Crippen LogP contribution in [0.1, 0.15) is 16.1 Å². The summed E-state index contributed by atoms with van der Waals surface area (Å²) in [5.41, 5.74) is 1.57. The Morgan fingerprint density at radius 3 is 2.72 bits per heavy atom. The van der Waals surface area contributed by atoms with Crippen LogP contribution in [0.5, 0.6) is 0 Å². The number of carboxylic acid groups (broad SMARTS) is 1. The lowest BCUT2D eigenvalue weighted by molar-refractivity contribution is -0.139. The summed E-state index contributed by atoms with van der Waals surface area (Å²) >= 11 is 11.7. The van der Waals surface area contributed by atoms with Gasteiger partial charge in [0.1, 0.15) is 16.9 Å². The third-order valence-corrected chi connectivity index (χ3v) is 4.24. The van der Waals surface area contributed by atoms with Crippen LogP contribution >= 0.6 is 23.2 Å². The van der Waals surface area contributed by atoms with Gasteiger partial charge in [-0.05, 0) is 23.8 Å². The van der Waals surface area contributed by atoms with E-state index >= 15 is 0 Å². The molecule has 0 saturated carbocycles. The van der Waals surface area contributed by atoms with Gasteiger partial charge in [-0.2, -0.15) is 0 Å². The first-order valence-electron chi connectivity index (χ1n) is 7.36. The molecule has 1 amide bonds. The standard InChI is InChI=1S/C17H13Cl2N3O3/c18-11-5-6-14(19)22-15(11)16(23)21-13(17(24)25)7-9-8-20-12-4-2-1-3-10(9)12/h1-6,8,13,20H,7H2,(H,21,23)(H,24,25). The number of H-pyrrole nitrogens is 1. The number of para-hydroxylation sites is 1. The zero-order valence-corrected chi connectivity index (χ0v) is 14.3. The van der Waals surface area contributed by atoms with E-state index < -0.39 is 17.9 Å². The van der Waals surface area contributed by atoms with Gasteiger partial charge >= 0.3 is 5.97 Å².